The Morgan fingerprint density at radius 1 is 1.56 bits per heavy atom. The van der Waals surface area contributed by atoms with E-state index in [0.29, 0.717) is 5.92 Å². The molecule has 1 aliphatic rings. The largest absolute Gasteiger partial charge is 0.381 e. The van der Waals surface area contributed by atoms with Crippen LogP contribution in [0.15, 0.2) is 6.07 Å². The van der Waals surface area contributed by atoms with Crippen molar-refractivity contribution in [3.63, 3.8) is 0 Å². The number of nitrogens with zero attached hydrogens (tertiary/aromatic N) is 2. The van der Waals surface area contributed by atoms with Crippen LogP contribution in [0.5, 0.6) is 0 Å². The van der Waals surface area contributed by atoms with Crippen LogP contribution in [0.25, 0.3) is 0 Å². The number of aromatic nitrogens is 2. The summed E-state index contributed by atoms with van der Waals surface area (Å²) in [5.41, 5.74) is 8.57. The van der Waals surface area contributed by atoms with E-state index >= 15 is 0 Å². The Labute approximate surface area is 96.8 Å². The first-order valence-electron chi connectivity index (χ1n) is 6.10. The maximum Gasteiger partial charge on any atom is 0.0597 e. The topological polar surface area (TPSA) is 53.1 Å². The average molecular weight is 223 g/mol. The molecule has 0 spiro atoms. The minimum absolute atomic E-state index is 0.102. The molecule has 1 unspecified atom stereocenters. The molecule has 0 amide bonds. The van der Waals surface area contributed by atoms with Gasteiger partial charge in [0, 0.05) is 25.8 Å². The fraction of sp³-hybridized carbons (Fsp3) is 0.750. The van der Waals surface area contributed by atoms with Gasteiger partial charge in [-0.15, -0.1) is 0 Å². The third kappa shape index (κ3) is 2.28. The second kappa shape index (κ2) is 4.97. The first-order valence-corrected chi connectivity index (χ1v) is 6.10. The molecular weight excluding hydrogens is 202 g/mol. The van der Waals surface area contributed by atoms with Crippen LogP contribution in [-0.2, 0) is 11.3 Å². The zero-order valence-electron chi connectivity index (χ0n) is 10.1. The molecule has 4 heteroatoms. The second-order valence-electron chi connectivity index (χ2n) is 4.50. The lowest BCUT2D eigenvalue weighted by Gasteiger charge is -2.27. The van der Waals surface area contributed by atoms with Gasteiger partial charge in [-0.1, -0.05) is 0 Å². The smallest absolute Gasteiger partial charge is 0.0597 e. The summed E-state index contributed by atoms with van der Waals surface area (Å²) in [5, 5.41) is 4.45. The lowest BCUT2D eigenvalue weighted by molar-refractivity contribution is 0.0574. The third-order valence-electron chi connectivity index (χ3n) is 3.35. The van der Waals surface area contributed by atoms with Crippen LogP contribution in [0.3, 0.4) is 0 Å². The summed E-state index contributed by atoms with van der Waals surface area (Å²) in [4.78, 5) is 0. The van der Waals surface area contributed by atoms with Crippen LogP contribution >= 0.6 is 0 Å². The van der Waals surface area contributed by atoms with E-state index in [-0.39, 0.29) is 6.04 Å². The summed E-state index contributed by atoms with van der Waals surface area (Å²) in [6, 6.07) is 2.22. The molecule has 1 aromatic heterocycles. The highest BCUT2D eigenvalue weighted by Crippen LogP contribution is 2.28. The van der Waals surface area contributed by atoms with E-state index in [1.165, 1.54) is 5.69 Å². The van der Waals surface area contributed by atoms with Gasteiger partial charge in [0.1, 0.15) is 0 Å². The highest BCUT2D eigenvalue weighted by Gasteiger charge is 2.24. The van der Waals surface area contributed by atoms with Crippen molar-refractivity contribution in [2.45, 2.75) is 39.3 Å². The van der Waals surface area contributed by atoms with E-state index < -0.39 is 0 Å². The summed E-state index contributed by atoms with van der Waals surface area (Å²) < 4.78 is 7.39. The molecule has 2 heterocycles. The fourth-order valence-corrected chi connectivity index (χ4v) is 2.40. The van der Waals surface area contributed by atoms with Crippen molar-refractivity contribution in [3.8, 4) is 0 Å². The van der Waals surface area contributed by atoms with E-state index in [4.69, 9.17) is 10.5 Å². The molecule has 1 atom stereocenters. The Bertz CT molecular complexity index is 342. The molecule has 1 aromatic rings. The van der Waals surface area contributed by atoms with Gasteiger partial charge in [0.2, 0.25) is 0 Å². The molecule has 2 rings (SSSR count). The van der Waals surface area contributed by atoms with Crippen LogP contribution in [0.1, 0.15) is 37.2 Å². The van der Waals surface area contributed by atoms with Gasteiger partial charge in [0.15, 0.2) is 0 Å². The fourth-order valence-electron chi connectivity index (χ4n) is 2.40. The van der Waals surface area contributed by atoms with Gasteiger partial charge in [-0.05, 0) is 38.7 Å². The van der Waals surface area contributed by atoms with Gasteiger partial charge < -0.3 is 10.5 Å². The minimum Gasteiger partial charge on any atom is -0.381 e. The number of rotatable bonds is 3. The van der Waals surface area contributed by atoms with Crippen molar-refractivity contribution in [2.24, 2.45) is 11.7 Å². The zero-order valence-corrected chi connectivity index (χ0v) is 10.1. The standard InChI is InChI=1S/C12H21N3O/c1-3-15-11(8-9(2)14-15)12(13)10-4-6-16-7-5-10/h8,10,12H,3-7,13H2,1-2H3. The normalized spacial score (nSPS) is 19.9. The Kier molecular flexibility index (Phi) is 3.61. The van der Waals surface area contributed by atoms with E-state index in [0.717, 1.165) is 38.3 Å². The first-order chi connectivity index (χ1) is 7.72. The predicted molar refractivity (Wildman–Crippen MR) is 63.1 cm³/mol. The van der Waals surface area contributed by atoms with Crippen LogP contribution in [0, 0.1) is 12.8 Å². The Balaban J connectivity index is 2.14. The van der Waals surface area contributed by atoms with Gasteiger partial charge >= 0.3 is 0 Å². The Hall–Kier alpha value is -0.870. The molecule has 0 aromatic carbocycles. The molecule has 1 aliphatic heterocycles. The molecule has 1 fully saturated rings. The van der Waals surface area contributed by atoms with E-state index in [2.05, 4.69) is 18.1 Å². The summed E-state index contributed by atoms with van der Waals surface area (Å²) in [7, 11) is 0. The Morgan fingerprint density at radius 2 is 2.25 bits per heavy atom. The number of nitrogens with two attached hydrogens (primary N) is 1. The van der Waals surface area contributed by atoms with E-state index in [1.807, 2.05) is 11.6 Å². The molecule has 90 valence electrons. The summed E-state index contributed by atoms with van der Waals surface area (Å²) >= 11 is 0. The van der Waals surface area contributed by atoms with Crippen molar-refractivity contribution in [1.82, 2.24) is 9.78 Å². The Morgan fingerprint density at radius 3 is 2.88 bits per heavy atom. The maximum atomic E-state index is 6.34. The summed E-state index contributed by atoms with van der Waals surface area (Å²) in [6.45, 7) is 6.70. The SMILES string of the molecule is CCn1nc(C)cc1C(N)C1CCOCC1. The summed E-state index contributed by atoms with van der Waals surface area (Å²) in [5.74, 6) is 0.537. The van der Waals surface area contributed by atoms with Crippen LogP contribution in [0.2, 0.25) is 0 Å². The van der Waals surface area contributed by atoms with Crippen LogP contribution < -0.4 is 5.73 Å². The molecule has 2 N–H and O–H groups in total. The molecule has 0 bridgehead atoms. The van der Waals surface area contributed by atoms with Crippen molar-refractivity contribution >= 4 is 0 Å². The van der Waals surface area contributed by atoms with E-state index in [9.17, 15) is 0 Å². The second-order valence-corrected chi connectivity index (χ2v) is 4.50. The first kappa shape index (κ1) is 11.6. The van der Waals surface area contributed by atoms with Crippen molar-refractivity contribution in [3.05, 3.63) is 17.5 Å². The van der Waals surface area contributed by atoms with Crippen molar-refractivity contribution < 1.29 is 4.74 Å². The lowest BCUT2D eigenvalue weighted by Crippen LogP contribution is -2.29. The van der Waals surface area contributed by atoms with E-state index in [1.54, 1.807) is 0 Å². The molecular formula is C12H21N3O. The number of hydrogen-bond donors (Lipinski definition) is 1. The summed E-state index contributed by atoms with van der Waals surface area (Å²) in [6.07, 6.45) is 2.13. The van der Waals surface area contributed by atoms with Gasteiger partial charge in [0.05, 0.1) is 11.4 Å². The average Bonchev–Trinajstić information content (AvgIpc) is 2.70. The number of aryl methyl sites for hydroxylation is 2. The minimum atomic E-state index is 0.102. The third-order valence-corrected chi connectivity index (χ3v) is 3.35. The van der Waals surface area contributed by atoms with Gasteiger partial charge in [0.25, 0.3) is 0 Å². The lowest BCUT2D eigenvalue weighted by atomic mass is 9.90. The molecule has 1 saturated heterocycles. The molecule has 0 saturated carbocycles. The predicted octanol–water partition coefficient (Wildman–Crippen LogP) is 1.64. The van der Waals surface area contributed by atoms with Gasteiger partial charge in [-0.2, -0.15) is 5.10 Å². The van der Waals surface area contributed by atoms with Crippen molar-refractivity contribution in [1.29, 1.82) is 0 Å². The molecule has 0 radical (unpaired) electrons. The van der Waals surface area contributed by atoms with Crippen LogP contribution in [-0.4, -0.2) is 23.0 Å². The molecule has 4 nitrogen and oxygen atoms in total. The highest BCUT2D eigenvalue weighted by molar-refractivity contribution is 5.14. The highest BCUT2D eigenvalue weighted by atomic mass is 16.5. The molecule has 0 aliphatic carbocycles. The molecule has 16 heavy (non-hydrogen) atoms. The quantitative estimate of drug-likeness (QED) is 0.847. The van der Waals surface area contributed by atoms with Gasteiger partial charge in [-0.3, -0.25) is 4.68 Å². The van der Waals surface area contributed by atoms with Crippen LogP contribution in [0.4, 0.5) is 0 Å². The zero-order chi connectivity index (χ0) is 11.5. The number of ether oxygens (including phenoxy) is 1. The number of hydrogen-bond acceptors (Lipinski definition) is 3. The van der Waals surface area contributed by atoms with Crippen molar-refractivity contribution in [2.75, 3.05) is 13.2 Å². The maximum absolute atomic E-state index is 6.34. The monoisotopic (exact) mass is 223 g/mol. The van der Waals surface area contributed by atoms with Gasteiger partial charge in [-0.25, -0.2) is 0 Å².